The van der Waals surface area contributed by atoms with Crippen LogP contribution in [0.1, 0.15) is 55.9 Å². The van der Waals surface area contributed by atoms with Gasteiger partial charge in [0.15, 0.2) is 0 Å². The normalized spacial score (nSPS) is 11.7. The Morgan fingerprint density at radius 3 is 2.17 bits per heavy atom. The monoisotopic (exact) mass is 981 g/mol. The predicted octanol–water partition coefficient (Wildman–Crippen LogP) is 13.5. The van der Waals surface area contributed by atoms with Gasteiger partial charge in [0.25, 0.3) is 0 Å². The maximum absolute atomic E-state index is 5.97. The molecule has 0 aliphatic rings. The van der Waals surface area contributed by atoms with E-state index in [1.807, 2.05) is 24.3 Å². The number of pyridine rings is 2. The zero-order chi connectivity index (χ0) is 41.4. The SMILES string of the molecule is CC(C)Cc1cc(-c2[c-]cccc2)ncc1[Si](C)(C)C.Cc1cc(-n2c(-c3[c-]oc4nc5c(C(C)C)cccc5cc34)nc3ccccc32)cc(C)c1-c1ccccc1.[Ir]. The number of para-hydroxylation sites is 3. The van der Waals surface area contributed by atoms with Crippen LogP contribution in [-0.2, 0) is 26.5 Å². The van der Waals surface area contributed by atoms with Crippen molar-refractivity contribution in [2.24, 2.45) is 5.92 Å². The van der Waals surface area contributed by atoms with Gasteiger partial charge in [-0.1, -0.05) is 137 Å². The Labute approximate surface area is 369 Å². The first-order valence-electron chi connectivity index (χ1n) is 20.7. The number of aryl methyl sites for hydroxylation is 2. The molecule has 0 unspecified atom stereocenters. The first-order valence-corrected chi connectivity index (χ1v) is 24.2. The van der Waals surface area contributed by atoms with Crippen molar-refractivity contribution >= 4 is 46.3 Å². The van der Waals surface area contributed by atoms with Crippen LogP contribution in [0.2, 0.25) is 19.6 Å². The molecule has 0 amide bonds. The number of nitrogens with zero attached hydrogens (tertiary/aromatic N) is 4. The van der Waals surface area contributed by atoms with Gasteiger partial charge in [-0.25, -0.2) is 0 Å². The fourth-order valence-electron chi connectivity index (χ4n) is 8.31. The molecule has 0 atom stereocenters. The minimum atomic E-state index is -1.34. The molecule has 0 saturated carbocycles. The maximum atomic E-state index is 5.97. The summed E-state index contributed by atoms with van der Waals surface area (Å²) in [6.07, 6.45) is 6.41. The molecular formula is C53H52IrN4OSi-2. The van der Waals surface area contributed by atoms with Gasteiger partial charge < -0.3 is 14.0 Å². The Morgan fingerprint density at radius 2 is 1.48 bits per heavy atom. The number of furan rings is 1. The molecule has 7 heteroatoms. The summed E-state index contributed by atoms with van der Waals surface area (Å²) >= 11 is 0. The van der Waals surface area contributed by atoms with Crippen molar-refractivity contribution in [3.63, 3.8) is 0 Å². The van der Waals surface area contributed by atoms with Crippen molar-refractivity contribution in [2.45, 2.75) is 73.5 Å². The molecular weight excluding hydrogens is 929 g/mol. The molecule has 0 N–H and O–H groups in total. The number of fused-ring (bicyclic) bond motifs is 3. The topological polar surface area (TPSA) is 56.7 Å². The van der Waals surface area contributed by atoms with Crippen LogP contribution < -0.4 is 5.19 Å². The van der Waals surface area contributed by atoms with Gasteiger partial charge in [0.2, 0.25) is 0 Å². The van der Waals surface area contributed by atoms with Crippen LogP contribution in [0, 0.1) is 32.1 Å². The standard InChI is InChI=1S/C35H28N3O.C18H24NSi.Ir/c1-21(2)27-14-10-13-25-19-28-29(20-39-35(28)37-33(25)27)34-36-30-15-8-9-16-31(30)38(34)26-17-22(3)32(23(4)18-26)24-11-6-5-7-12-24;1-14(2)11-16-12-17(15-9-7-6-8-10-15)19-13-18(16)20(3,4)5;/h5-19,21H,1-4H3;6-9,12-14H,11H2,1-5H3;/q2*-1;. The van der Waals surface area contributed by atoms with E-state index in [1.54, 1.807) is 0 Å². The van der Waals surface area contributed by atoms with Crippen LogP contribution in [0.3, 0.4) is 0 Å². The van der Waals surface area contributed by atoms with Gasteiger partial charge in [-0.2, -0.15) is 0 Å². The van der Waals surface area contributed by atoms with Gasteiger partial charge in [0.05, 0.1) is 30.4 Å². The quantitative estimate of drug-likeness (QED) is 0.112. The first-order chi connectivity index (χ1) is 28.4. The molecule has 4 aromatic heterocycles. The van der Waals surface area contributed by atoms with Gasteiger partial charge in [0.1, 0.15) is 5.71 Å². The van der Waals surface area contributed by atoms with E-state index >= 15 is 0 Å². The summed E-state index contributed by atoms with van der Waals surface area (Å²) in [5, 5.41) is 3.49. The third-order valence-electron chi connectivity index (χ3n) is 11.0. The van der Waals surface area contributed by atoms with Crippen molar-refractivity contribution in [3.8, 4) is 39.5 Å². The zero-order valence-electron chi connectivity index (χ0n) is 36.0. The van der Waals surface area contributed by atoms with Crippen molar-refractivity contribution in [2.75, 3.05) is 0 Å². The minimum absolute atomic E-state index is 0. The third kappa shape index (κ3) is 8.58. The molecule has 9 rings (SSSR count). The summed E-state index contributed by atoms with van der Waals surface area (Å²) in [5.74, 6) is 1.83. The summed E-state index contributed by atoms with van der Waals surface area (Å²) in [6, 6.07) is 45.5. The molecule has 0 fully saturated rings. The predicted molar refractivity (Wildman–Crippen MR) is 249 cm³/mol. The number of benzene rings is 5. The molecule has 0 saturated heterocycles. The minimum Gasteiger partial charge on any atom is -0.541 e. The first kappa shape index (κ1) is 42.7. The summed E-state index contributed by atoms with van der Waals surface area (Å²) in [6.45, 7) is 20.5. The number of hydrogen-bond donors (Lipinski definition) is 0. The van der Waals surface area contributed by atoms with E-state index in [4.69, 9.17) is 14.4 Å². The van der Waals surface area contributed by atoms with E-state index < -0.39 is 8.07 Å². The van der Waals surface area contributed by atoms with E-state index in [2.05, 4.69) is 186 Å². The second-order valence-electron chi connectivity index (χ2n) is 17.4. The molecule has 0 aliphatic carbocycles. The van der Waals surface area contributed by atoms with E-state index in [-0.39, 0.29) is 20.1 Å². The Hall–Kier alpha value is -5.46. The summed E-state index contributed by atoms with van der Waals surface area (Å²) in [7, 11) is -1.34. The Bertz CT molecular complexity index is 2900. The summed E-state index contributed by atoms with van der Waals surface area (Å²) in [5.41, 5.74) is 15.1. The summed E-state index contributed by atoms with van der Waals surface area (Å²) in [4.78, 5) is 14.7. The molecule has 5 aromatic carbocycles. The molecule has 1 radical (unpaired) electrons. The molecule has 9 aromatic rings. The van der Waals surface area contributed by atoms with Crippen LogP contribution in [0.15, 0.2) is 132 Å². The molecule has 0 bridgehead atoms. The molecule has 4 heterocycles. The second-order valence-corrected chi connectivity index (χ2v) is 22.5. The van der Waals surface area contributed by atoms with Crippen molar-refractivity contribution in [1.82, 2.24) is 19.5 Å². The Kier molecular flexibility index (Phi) is 12.5. The average Bonchev–Trinajstić information content (AvgIpc) is 3.81. The van der Waals surface area contributed by atoms with Crippen molar-refractivity contribution in [1.29, 1.82) is 0 Å². The number of hydrogen-bond acceptors (Lipinski definition) is 4. The van der Waals surface area contributed by atoms with Crippen molar-refractivity contribution in [3.05, 3.63) is 162 Å². The Morgan fingerprint density at radius 1 is 0.767 bits per heavy atom. The van der Waals surface area contributed by atoms with E-state index in [0.29, 0.717) is 17.5 Å². The second kappa shape index (κ2) is 17.6. The number of rotatable bonds is 8. The smallest absolute Gasteiger partial charge is 0.105 e. The number of imidazole rings is 1. The third-order valence-corrected chi connectivity index (χ3v) is 13.1. The maximum Gasteiger partial charge on any atom is 0.105 e. The fraction of sp³-hybridized carbons (Fsp3) is 0.226. The van der Waals surface area contributed by atoms with Crippen LogP contribution in [0.25, 0.3) is 72.5 Å². The van der Waals surface area contributed by atoms with E-state index in [9.17, 15) is 0 Å². The zero-order valence-corrected chi connectivity index (χ0v) is 39.4. The molecule has 0 spiro atoms. The van der Waals surface area contributed by atoms with E-state index in [0.717, 1.165) is 62.1 Å². The molecule has 60 heavy (non-hydrogen) atoms. The average molecular weight is 981 g/mol. The summed E-state index contributed by atoms with van der Waals surface area (Å²) < 4.78 is 8.19. The van der Waals surface area contributed by atoms with Crippen LogP contribution in [0.4, 0.5) is 0 Å². The fourth-order valence-corrected chi connectivity index (χ4v) is 9.90. The van der Waals surface area contributed by atoms with Crippen molar-refractivity contribution < 1.29 is 24.5 Å². The van der Waals surface area contributed by atoms with Crippen LogP contribution in [0.5, 0.6) is 0 Å². The Balaban J connectivity index is 0.000000220. The molecule has 0 aliphatic heterocycles. The van der Waals surface area contributed by atoms with Gasteiger partial charge >= 0.3 is 0 Å². The number of aromatic nitrogens is 4. The van der Waals surface area contributed by atoms with Gasteiger partial charge in [-0.15, -0.1) is 35.9 Å². The van der Waals surface area contributed by atoms with Gasteiger partial charge in [0, 0.05) is 38.3 Å². The van der Waals surface area contributed by atoms with Gasteiger partial charge in [-0.3, -0.25) is 9.97 Å². The van der Waals surface area contributed by atoms with Gasteiger partial charge in [-0.05, 0) is 100 Å². The largest absolute Gasteiger partial charge is 0.541 e. The molecule has 5 nitrogen and oxygen atoms in total. The van der Waals surface area contributed by atoms with Crippen LogP contribution >= 0.6 is 0 Å². The van der Waals surface area contributed by atoms with Crippen LogP contribution in [-0.4, -0.2) is 27.6 Å². The molecule has 305 valence electrons. The van der Waals surface area contributed by atoms with E-state index in [1.165, 1.54) is 38.6 Å².